The van der Waals surface area contributed by atoms with Crippen molar-refractivity contribution < 1.29 is 14.2 Å². The molecule has 0 aromatic heterocycles. The Morgan fingerprint density at radius 1 is 1.15 bits per heavy atom. The molecule has 0 saturated carbocycles. The molecule has 0 aliphatic carbocycles. The van der Waals surface area contributed by atoms with E-state index in [1.54, 1.807) is 0 Å². The molecule has 0 aromatic carbocycles. The monoisotopic (exact) mass is 208 g/mol. The quantitative estimate of drug-likeness (QED) is 0.458. The first kappa shape index (κ1) is 13.2. The van der Waals surface area contributed by atoms with Gasteiger partial charge in [0.25, 0.3) is 0 Å². The van der Waals surface area contributed by atoms with Crippen LogP contribution in [0.15, 0.2) is 0 Å². The molecule has 0 bridgehead atoms. The topological polar surface area (TPSA) is 27.7 Å². The molecule has 4 heteroatoms. The second-order valence-corrected chi connectivity index (χ2v) is 3.12. The predicted molar refractivity (Wildman–Crippen MR) is 56.6 cm³/mol. The fourth-order valence-electron chi connectivity index (χ4n) is 0.807. The lowest BCUT2D eigenvalue weighted by Gasteiger charge is -2.12. The minimum Gasteiger partial charge on any atom is -0.379 e. The Morgan fingerprint density at radius 3 is 2.54 bits per heavy atom. The Balaban J connectivity index is 3.03. The third kappa shape index (κ3) is 10.1. The summed E-state index contributed by atoms with van der Waals surface area (Å²) in [5.74, 6) is 0.758. The van der Waals surface area contributed by atoms with Gasteiger partial charge in [-0.25, -0.2) is 0 Å². The van der Waals surface area contributed by atoms with Gasteiger partial charge in [0.05, 0.1) is 32.5 Å². The van der Waals surface area contributed by atoms with Crippen LogP contribution in [0.2, 0.25) is 0 Å². The molecule has 0 radical (unpaired) electrons. The van der Waals surface area contributed by atoms with Gasteiger partial charge in [-0.05, 0) is 13.8 Å². The first-order valence-electron chi connectivity index (χ1n) is 4.69. The molecule has 0 spiro atoms. The summed E-state index contributed by atoms with van der Waals surface area (Å²) in [5, 5.41) is 0. The summed E-state index contributed by atoms with van der Waals surface area (Å²) in [4.78, 5) is 0. The Bertz CT molecular complexity index is 101. The van der Waals surface area contributed by atoms with E-state index < -0.39 is 0 Å². The lowest BCUT2D eigenvalue weighted by atomic mass is 10.4. The molecule has 0 aliphatic rings. The van der Waals surface area contributed by atoms with Crippen LogP contribution >= 0.6 is 12.6 Å². The third-order valence-electron chi connectivity index (χ3n) is 1.42. The highest BCUT2D eigenvalue weighted by atomic mass is 32.1. The Labute approximate surface area is 86.2 Å². The van der Waals surface area contributed by atoms with Crippen LogP contribution in [0.25, 0.3) is 0 Å². The number of hydrogen-bond donors (Lipinski definition) is 1. The normalized spacial score (nSPS) is 13.2. The number of ether oxygens (including phenoxy) is 3. The Kier molecular flexibility index (Phi) is 10.5. The van der Waals surface area contributed by atoms with Crippen molar-refractivity contribution in [3.8, 4) is 0 Å². The highest BCUT2D eigenvalue weighted by Gasteiger charge is 2.00. The van der Waals surface area contributed by atoms with Gasteiger partial charge >= 0.3 is 0 Å². The van der Waals surface area contributed by atoms with Gasteiger partial charge in [0, 0.05) is 12.4 Å². The molecule has 0 heterocycles. The first-order valence-corrected chi connectivity index (χ1v) is 5.32. The zero-order valence-corrected chi connectivity index (χ0v) is 9.39. The van der Waals surface area contributed by atoms with Crippen molar-refractivity contribution in [1.82, 2.24) is 0 Å². The molecule has 0 aromatic rings. The van der Waals surface area contributed by atoms with Crippen molar-refractivity contribution in [2.24, 2.45) is 0 Å². The molecule has 0 amide bonds. The fraction of sp³-hybridized carbons (Fsp3) is 1.00. The summed E-state index contributed by atoms with van der Waals surface area (Å²) in [5.41, 5.74) is 0. The van der Waals surface area contributed by atoms with Crippen LogP contribution in [-0.2, 0) is 14.2 Å². The van der Waals surface area contributed by atoms with Crippen LogP contribution in [0.5, 0.6) is 0 Å². The number of hydrogen-bond acceptors (Lipinski definition) is 4. The van der Waals surface area contributed by atoms with E-state index in [0.29, 0.717) is 26.4 Å². The SMILES string of the molecule is CCOCC(C)OCCOCCS. The molecular weight excluding hydrogens is 188 g/mol. The first-order chi connectivity index (χ1) is 6.31. The molecule has 80 valence electrons. The van der Waals surface area contributed by atoms with Crippen LogP contribution < -0.4 is 0 Å². The molecule has 3 nitrogen and oxygen atoms in total. The second-order valence-electron chi connectivity index (χ2n) is 2.68. The molecule has 0 saturated heterocycles. The van der Waals surface area contributed by atoms with Crippen LogP contribution in [0.4, 0.5) is 0 Å². The van der Waals surface area contributed by atoms with Crippen molar-refractivity contribution in [2.45, 2.75) is 20.0 Å². The van der Waals surface area contributed by atoms with Gasteiger partial charge in [0.1, 0.15) is 0 Å². The van der Waals surface area contributed by atoms with Gasteiger partial charge in [-0.2, -0.15) is 12.6 Å². The van der Waals surface area contributed by atoms with E-state index in [4.69, 9.17) is 14.2 Å². The van der Waals surface area contributed by atoms with Crippen LogP contribution in [0, 0.1) is 0 Å². The van der Waals surface area contributed by atoms with Gasteiger partial charge in [-0.1, -0.05) is 0 Å². The summed E-state index contributed by atoms with van der Waals surface area (Å²) in [6, 6.07) is 0. The van der Waals surface area contributed by atoms with Crippen molar-refractivity contribution >= 4 is 12.6 Å². The van der Waals surface area contributed by atoms with E-state index in [0.717, 1.165) is 12.4 Å². The second kappa shape index (κ2) is 10.3. The van der Waals surface area contributed by atoms with E-state index >= 15 is 0 Å². The zero-order chi connectivity index (χ0) is 9.94. The number of rotatable bonds is 9. The molecule has 1 unspecified atom stereocenters. The van der Waals surface area contributed by atoms with E-state index in [1.165, 1.54) is 0 Å². The maximum absolute atomic E-state index is 5.42. The minimum absolute atomic E-state index is 0.152. The summed E-state index contributed by atoms with van der Waals surface area (Å²) >= 11 is 4.02. The largest absolute Gasteiger partial charge is 0.379 e. The highest BCUT2D eigenvalue weighted by molar-refractivity contribution is 7.80. The Hall–Kier alpha value is 0.230. The summed E-state index contributed by atoms with van der Waals surface area (Å²) in [7, 11) is 0. The maximum Gasteiger partial charge on any atom is 0.0781 e. The molecule has 0 aliphatic heterocycles. The summed E-state index contributed by atoms with van der Waals surface area (Å²) < 4.78 is 15.8. The predicted octanol–water partition coefficient (Wildman–Crippen LogP) is 1.37. The smallest absolute Gasteiger partial charge is 0.0781 e. The van der Waals surface area contributed by atoms with E-state index in [1.807, 2.05) is 13.8 Å². The van der Waals surface area contributed by atoms with Crippen LogP contribution in [0.1, 0.15) is 13.8 Å². The lowest BCUT2D eigenvalue weighted by Crippen LogP contribution is -2.18. The van der Waals surface area contributed by atoms with Crippen molar-refractivity contribution in [1.29, 1.82) is 0 Å². The average Bonchev–Trinajstić information content (AvgIpc) is 2.14. The molecule has 1 atom stereocenters. The maximum atomic E-state index is 5.42. The van der Waals surface area contributed by atoms with E-state index in [-0.39, 0.29) is 6.10 Å². The highest BCUT2D eigenvalue weighted by Crippen LogP contribution is 1.92. The minimum atomic E-state index is 0.152. The number of thiol groups is 1. The third-order valence-corrected chi connectivity index (χ3v) is 1.60. The summed E-state index contributed by atoms with van der Waals surface area (Å²) in [6.07, 6.45) is 0.152. The average molecular weight is 208 g/mol. The van der Waals surface area contributed by atoms with Crippen molar-refractivity contribution in [3.05, 3.63) is 0 Å². The van der Waals surface area contributed by atoms with E-state index in [2.05, 4.69) is 12.6 Å². The Morgan fingerprint density at radius 2 is 1.92 bits per heavy atom. The van der Waals surface area contributed by atoms with Crippen molar-refractivity contribution in [3.63, 3.8) is 0 Å². The van der Waals surface area contributed by atoms with Crippen molar-refractivity contribution in [2.75, 3.05) is 38.8 Å². The van der Waals surface area contributed by atoms with Crippen LogP contribution in [-0.4, -0.2) is 44.9 Å². The lowest BCUT2D eigenvalue weighted by molar-refractivity contribution is -0.0258. The fourth-order valence-corrected chi connectivity index (χ4v) is 0.936. The van der Waals surface area contributed by atoms with Gasteiger partial charge < -0.3 is 14.2 Å². The van der Waals surface area contributed by atoms with Gasteiger partial charge in [0.15, 0.2) is 0 Å². The van der Waals surface area contributed by atoms with Gasteiger partial charge in [0.2, 0.25) is 0 Å². The zero-order valence-electron chi connectivity index (χ0n) is 8.49. The van der Waals surface area contributed by atoms with E-state index in [9.17, 15) is 0 Å². The summed E-state index contributed by atoms with van der Waals surface area (Å²) in [6.45, 7) is 7.31. The van der Waals surface area contributed by atoms with Crippen LogP contribution in [0.3, 0.4) is 0 Å². The molecule has 0 rings (SSSR count). The van der Waals surface area contributed by atoms with Gasteiger partial charge in [-0.3, -0.25) is 0 Å². The molecular formula is C9H20O3S. The molecule has 0 fully saturated rings. The molecule has 13 heavy (non-hydrogen) atoms. The molecule has 0 N–H and O–H groups in total. The van der Waals surface area contributed by atoms with Gasteiger partial charge in [-0.15, -0.1) is 0 Å². The standard InChI is InChI=1S/C9H20O3S/c1-3-10-8-9(2)12-5-4-11-6-7-13/h9,13H,3-8H2,1-2H3.